The normalized spacial score (nSPS) is 13.8. The summed E-state index contributed by atoms with van der Waals surface area (Å²) < 4.78 is 0. The average Bonchev–Trinajstić information content (AvgIpc) is 2.35. The fourth-order valence-electron chi connectivity index (χ4n) is 1.45. The molecular weight excluding hydrogens is 236 g/mol. The van der Waals surface area contributed by atoms with Gasteiger partial charge in [-0.3, -0.25) is 0 Å². The molecule has 0 saturated heterocycles. The fourth-order valence-corrected chi connectivity index (χ4v) is 1.45. The van der Waals surface area contributed by atoms with Crippen LogP contribution in [0, 0.1) is 5.41 Å². The highest BCUT2D eigenvalue weighted by molar-refractivity contribution is 5.75. The van der Waals surface area contributed by atoms with Crippen LogP contribution >= 0.6 is 0 Å². The van der Waals surface area contributed by atoms with Gasteiger partial charge in [-0.15, -0.1) is 0 Å². The number of carbonyl (C=O) groups excluding carboxylic acids is 1. The molecule has 1 rings (SSSR count). The Morgan fingerprint density at radius 3 is 2.32 bits per heavy atom. The van der Waals surface area contributed by atoms with Crippen molar-refractivity contribution >= 4 is 6.03 Å². The van der Waals surface area contributed by atoms with Gasteiger partial charge in [-0.2, -0.15) is 0 Å². The van der Waals surface area contributed by atoms with Crippen LogP contribution in [0.2, 0.25) is 0 Å². The Bertz CT molecular complexity index is 444. The number of urea groups is 1. The summed E-state index contributed by atoms with van der Waals surface area (Å²) in [5.74, 6) is 0. The molecule has 1 aromatic rings. The summed E-state index contributed by atoms with van der Waals surface area (Å²) in [7, 11) is 0. The molecule has 2 amide bonds. The second kappa shape index (κ2) is 6.41. The summed E-state index contributed by atoms with van der Waals surface area (Å²) in [5.41, 5.74) is 2.29. The van der Waals surface area contributed by atoms with Gasteiger partial charge in [-0.1, -0.05) is 56.7 Å². The summed E-state index contributed by atoms with van der Waals surface area (Å²) in [5, 5.41) is 5.69. The van der Waals surface area contributed by atoms with E-state index in [2.05, 4.69) is 31.4 Å². The summed E-state index contributed by atoms with van der Waals surface area (Å²) in [4.78, 5) is 11.8. The van der Waals surface area contributed by atoms with Gasteiger partial charge in [0.25, 0.3) is 0 Å². The molecule has 1 unspecified atom stereocenters. The third kappa shape index (κ3) is 5.16. The number of nitrogens with one attached hydrogen (secondary N) is 2. The maximum absolute atomic E-state index is 11.8. The zero-order chi connectivity index (χ0) is 14.5. The summed E-state index contributed by atoms with van der Waals surface area (Å²) in [6.07, 6.45) is 1.77. The molecule has 0 heterocycles. The minimum absolute atomic E-state index is 0.00968. The Morgan fingerprint density at radius 1 is 1.21 bits per heavy atom. The zero-order valence-corrected chi connectivity index (χ0v) is 12.4. The Labute approximate surface area is 116 Å². The van der Waals surface area contributed by atoms with E-state index >= 15 is 0 Å². The van der Waals surface area contributed by atoms with Crippen molar-refractivity contribution in [2.24, 2.45) is 5.41 Å². The highest BCUT2D eigenvalue weighted by atomic mass is 16.2. The van der Waals surface area contributed by atoms with Crippen molar-refractivity contribution in [3.63, 3.8) is 0 Å². The van der Waals surface area contributed by atoms with Crippen LogP contribution in [0.5, 0.6) is 0 Å². The molecular formula is C16H24N2O. The topological polar surface area (TPSA) is 41.1 Å². The summed E-state index contributed by atoms with van der Waals surface area (Å²) in [6.45, 7) is 10.3. The Balaban J connectivity index is 2.53. The second-order valence-electron chi connectivity index (χ2n) is 5.83. The minimum Gasteiger partial charge on any atom is -0.331 e. The molecule has 0 bridgehead atoms. The van der Waals surface area contributed by atoms with E-state index in [9.17, 15) is 4.79 Å². The van der Waals surface area contributed by atoms with Gasteiger partial charge in [-0.25, -0.2) is 4.79 Å². The van der Waals surface area contributed by atoms with Gasteiger partial charge >= 0.3 is 6.03 Å². The lowest BCUT2D eigenvalue weighted by atomic mass is 9.88. The lowest BCUT2D eigenvalue weighted by molar-refractivity contribution is 0.241. The van der Waals surface area contributed by atoms with Crippen molar-refractivity contribution in [3.05, 3.63) is 47.7 Å². The molecule has 1 atom stereocenters. The molecule has 19 heavy (non-hydrogen) atoms. The highest BCUT2D eigenvalue weighted by Crippen LogP contribution is 2.23. The van der Waals surface area contributed by atoms with Gasteiger partial charge in [0.1, 0.15) is 0 Å². The van der Waals surface area contributed by atoms with Crippen LogP contribution in [0.25, 0.3) is 0 Å². The molecule has 1 aromatic carbocycles. The van der Waals surface area contributed by atoms with Gasteiger partial charge in [0, 0.05) is 6.20 Å². The number of allylic oxidation sites excluding steroid dienone is 1. The van der Waals surface area contributed by atoms with E-state index in [0.29, 0.717) is 0 Å². The Morgan fingerprint density at radius 2 is 1.79 bits per heavy atom. The number of hydrogen-bond donors (Lipinski definition) is 2. The molecule has 0 fully saturated rings. The first-order valence-corrected chi connectivity index (χ1v) is 6.60. The van der Waals surface area contributed by atoms with E-state index in [1.54, 1.807) is 6.20 Å². The zero-order valence-electron chi connectivity index (χ0n) is 12.4. The average molecular weight is 260 g/mol. The first kappa shape index (κ1) is 15.3. The lowest BCUT2D eigenvalue weighted by Crippen LogP contribution is -2.34. The molecule has 0 aliphatic rings. The van der Waals surface area contributed by atoms with Gasteiger partial charge in [0.05, 0.1) is 6.04 Å². The van der Waals surface area contributed by atoms with Gasteiger partial charge in [-0.05, 0) is 24.8 Å². The van der Waals surface area contributed by atoms with E-state index < -0.39 is 0 Å². The third-order valence-corrected chi connectivity index (χ3v) is 3.25. The largest absolute Gasteiger partial charge is 0.331 e. The Hall–Kier alpha value is -1.77. The quantitative estimate of drug-likeness (QED) is 0.847. The number of hydrogen-bond acceptors (Lipinski definition) is 1. The van der Waals surface area contributed by atoms with Crippen molar-refractivity contribution in [1.29, 1.82) is 0 Å². The van der Waals surface area contributed by atoms with E-state index in [0.717, 1.165) is 11.1 Å². The number of carbonyl (C=O) groups is 1. The van der Waals surface area contributed by atoms with Crippen molar-refractivity contribution < 1.29 is 4.79 Å². The number of benzene rings is 1. The van der Waals surface area contributed by atoms with Gasteiger partial charge in [0.2, 0.25) is 0 Å². The standard InChI is InChI=1S/C16H24N2O/c1-12(16(3,4)5)11-17-15(19)18-13(2)14-9-7-6-8-10-14/h6-11,13H,1-5H3,(H2,17,18,19)/b12-11+. The van der Waals surface area contributed by atoms with Crippen LogP contribution in [0.15, 0.2) is 42.1 Å². The van der Waals surface area contributed by atoms with Crippen LogP contribution in [-0.4, -0.2) is 6.03 Å². The van der Waals surface area contributed by atoms with Gasteiger partial charge in [0.15, 0.2) is 0 Å². The molecule has 2 N–H and O–H groups in total. The maximum Gasteiger partial charge on any atom is 0.319 e. The van der Waals surface area contributed by atoms with E-state index in [-0.39, 0.29) is 17.5 Å². The van der Waals surface area contributed by atoms with Crippen LogP contribution in [0.3, 0.4) is 0 Å². The summed E-state index contributed by atoms with van der Waals surface area (Å²) in [6, 6.07) is 9.71. The molecule has 104 valence electrons. The predicted molar refractivity (Wildman–Crippen MR) is 79.7 cm³/mol. The number of amides is 2. The maximum atomic E-state index is 11.8. The minimum atomic E-state index is -0.181. The van der Waals surface area contributed by atoms with Crippen LogP contribution in [0.1, 0.15) is 46.2 Å². The molecule has 0 saturated carbocycles. The van der Waals surface area contributed by atoms with Crippen LogP contribution in [-0.2, 0) is 0 Å². The number of rotatable bonds is 3. The third-order valence-electron chi connectivity index (χ3n) is 3.25. The molecule has 3 nitrogen and oxygen atoms in total. The van der Waals surface area contributed by atoms with Crippen molar-refractivity contribution in [2.45, 2.75) is 40.7 Å². The molecule has 3 heteroatoms. The first-order valence-electron chi connectivity index (χ1n) is 6.60. The molecule has 0 aliphatic carbocycles. The van der Waals surface area contributed by atoms with E-state index in [1.807, 2.05) is 44.2 Å². The first-order chi connectivity index (χ1) is 8.80. The van der Waals surface area contributed by atoms with Crippen molar-refractivity contribution in [3.8, 4) is 0 Å². The van der Waals surface area contributed by atoms with Gasteiger partial charge < -0.3 is 10.6 Å². The smallest absolute Gasteiger partial charge is 0.319 e. The van der Waals surface area contributed by atoms with E-state index in [4.69, 9.17) is 0 Å². The van der Waals surface area contributed by atoms with E-state index in [1.165, 1.54) is 0 Å². The molecule has 0 spiro atoms. The fraction of sp³-hybridized carbons (Fsp3) is 0.438. The second-order valence-corrected chi connectivity index (χ2v) is 5.83. The Kier molecular flexibility index (Phi) is 5.16. The lowest BCUT2D eigenvalue weighted by Gasteiger charge is -2.20. The van der Waals surface area contributed by atoms with Crippen LogP contribution in [0.4, 0.5) is 4.79 Å². The predicted octanol–water partition coefficient (Wildman–Crippen LogP) is 4.00. The SMILES string of the molecule is C/C(=C\NC(=O)NC(C)c1ccccc1)C(C)(C)C. The monoisotopic (exact) mass is 260 g/mol. The molecule has 0 aliphatic heterocycles. The van der Waals surface area contributed by atoms with Crippen molar-refractivity contribution in [1.82, 2.24) is 10.6 Å². The molecule has 0 aromatic heterocycles. The van der Waals surface area contributed by atoms with Crippen LogP contribution < -0.4 is 10.6 Å². The van der Waals surface area contributed by atoms with Crippen molar-refractivity contribution in [2.75, 3.05) is 0 Å². The molecule has 0 radical (unpaired) electrons. The highest BCUT2D eigenvalue weighted by Gasteiger charge is 2.13. The summed E-state index contributed by atoms with van der Waals surface area (Å²) >= 11 is 0.